The maximum Gasteiger partial charge on any atom is 0.0825 e. The fraction of sp³-hybridized carbons (Fsp3) is 0.500. The van der Waals surface area contributed by atoms with E-state index < -0.39 is 0 Å². The maximum atomic E-state index is 4.31. The average Bonchev–Trinajstić information content (AvgIpc) is 2.86. The fourth-order valence-electron chi connectivity index (χ4n) is 1.83. The van der Waals surface area contributed by atoms with Gasteiger partial charge in [-0.2, -0.15) is 10.2 Å². The predicted molar refractivity (Wildman–Crippen MR) is 67.9 cm³/mol. The molecule has 2 heterocycles. The molecule has 5 nitrogen and oxygen atoms in total. The van der Waals surface area contributed by atoms with E-state index in [1.807, 2.05) is 35.7 Å². The summed E-state index contributed by atoms with van der Waals surface area (Å²) in [7, 11) is 1.93. The second kappa shape index (κ2) is 4.61. The van der Waals surface area contributed by atoms with Crippen LogP contribution in [0.25, 0.3) is 0 Å². The molecule has 2 rings (SSSR count). The van der Waals surface area contributed by atoms with Gasteiger partial charge in [-0.25, -0.2) is 0 Å². The molecule has 1 N–H and O–H groups in total. The Balaban J connectivity index is 2.10. The third kappa shape index (κ3) is 2.49. The van der Waals surface area contributed by atoms with Crippen LogP contribution in [0.3, 0.4) is 0 Å². The highest BCUT2D eigenvalue weighted by Crippen LogP contribution is 2.20. The van der Waals surface area contributed by atoms with Crippen molar-refractivity contribution in [3.63, 3.8) is 0 Å². The summed E-state index contributed by atoms with van der Waals surface area (Å²) in [5.41, 5.74) is 3.28. The van der Waals surface area contributed by atoms with Gasteiger partial charge < -0.3 is 5.32 Å². The molecule has 0 bridgehead atoms. The number of aromatic nitrogens is 4. The molecule has 0 aliphatic carbocycles. The predicted octanol–water partition coefficient (Wildman–Crippen LogP) is 2.12. The summed E-state index contributed by atoms with van der Waals surface area (Å²) in [5.74, 6) is 0. The van der Waals surface area contributed by atoms with Crippen molar-refractivity contribution >= 4 is 5.69 Å². The van der Waals surface area contributed by atoms with Crippen molar-refractivity contribution in [3.8, 4) is 0 Å². The van der Waals surface area contributed by atoms with Crippen molar-refractivity contribution in [3.05, 3.63) is 29.8 Å². The number of hydrogen-bond acceptors (Lipinski definition) is 3. The van der Waals surface area contributed by atoms with Crippen LogP contribution >= 0.6 is 0 Å². The summed E-state index contributed by atoms with van der Waals surface area (Å²) in [6.45, 7) is 7.12. The minimum absolute atomic E-state index is 0.234. The lowest BCUT2D eigenvalue weighted by Gasteiger charge is -2.12. The standard InChI is InChI=1S/C12H19N5/c1-5-17-7-11(6-13-17)9(2)14-12-8-16(4)15-10(12)3/h6-9,14H,5H2,1-4H3. The van der Waals surface area contributed by atoms with Gasteiger partial charge >= 0.3 is 0 Å². The van der Waals surface area contributed by atoms with Gasteiger partial charge in [0.25, 0.3) is 0 Å². The van der Waals surface area contributed by atoms with Gasteiger partial charge in [-0.05, 0) is 20.8 Å². The molecule has 2 aromatic rings. The molecule has 0 saturated heterocycles. The zero-order valence-corrected chi connectivity index (χ0v) is 10.8. The van der Waals surface area contributed by atoms with Crippen molar-refractivity contribution < 1.29 is 0 Å². The molecule has 0 spiro atoms. The van der Waals surface area contributed by atoms with Crippen LogP contribution in [0.4, 0.5) is 5.69 Å². The van der Waals surface area contributed by atoms with E-state index in [1.54, 1.807) is 0 Å². The van der Waals surface area contributed by atoms with Crippen LogP contribution in [-0.4, -0.2) is 19.6 Å². The van der Waals surface area contributed by atoms with E-state index in [1.165, 1.54) is 5.56 Å². The largest absolute Gasteiger partial charge is 0.376 e. The molecule has 1 unspecified atom stereocenters. The lowest BCUT2D eigenvalue weighted by Crippen LogP contribution is -2.06. The van der Waals surface area contributed by atoms with Crippen LogP contribution in [0.5, 0.6) is 0 Å². The van der Waals surface area contributed by atoms with Gasteiger partial charge in [0.1, 0.15) is 0 Å². The van der Waals surface area contributed by atoms with Crippen LogP contribution in [0, 0.1) is 6.92 Å². The van der Waals surface area contributed by atoms with E-state index in [-0.39, 0.29) is 6.04 Å². The van der Waals surface area contributed by atoms with Crippen molar-refractivity contribution in [2.24, 2.45) is 7.05 Å². The Morgan fingerprint density at radius 1 is 1.41 bits per heavy atom. The minimum atomic E-state index is 0.234. The number of aryl methyl sites for hydroxylation is 3. The molecule has 2 aromatic heterocycles. The topological polar surface area (TPSA) is 47.7 Å². The van der Waals surface area contributed by atoms with Crippen molar-refractivity contribution in [2.75, 3.05) is 5.32 Å². The Labute approximate surface area is 101 Å². The minimum Gasteiger partial charge on any atom is -0.376 e. The van der Waals surface area contributed by atoms with E-state index in [9.17, 15) is 0 Å². The highest BCUT2D eigenvalue weighted by molar-refractivity contribution is 5.47. The maximum absolute atomic E-state index is 4.31. The second-order valence-corrected chi connectivity index (χ2v) is 4.30. The number of rotatable bonds is 4. The van der Waals surface area contributed by atoms with E-state index >= 15 is 0 Å². The Morgan fingerprint density at radius 3 is 2.71 bits per heavy atom. The molecule has 0 aliphatic rings. The highest BCUT2D eigenvalue weighted by atomic mass is 15.3. The summed E-state index contributed by atoms with van der Waals surface area (Å²) in [6.07, 6.45) is 5.98. The van der Waals surface area contributed by atoms with Crippen LogP contribution in [0.15, 0.2) is 18.6 Å². The number of nitrogens with zero attached hydrogens (tertiary/aromatic N) is 4. The van der Waals surface area contributed by atoms with Crippen molar-refractivity contribution in [2.45, 2.75) is 33.4 Å². The van der Waals surface area contributed by atoms with E-state index in [0.29, 0.717) is 0 Å². The molecule has 0 aromatic carbocycles. The van der Waals surface area contributed by atoms with E-state index in [0.717, 1.165) is 17.9 Å². The van der Waals surface area contributed by atoms with Gasteiger partial charge in [0, 0.05) is 31.5 Å². The van der Waals surface area contributed by atoms with Crippen LogP contribution in [0.2, 0.25) is 0 Å². The molecule has 0 saturated carbocycles. The molecule has 0 radical (unpaired) electrons. The van der Waals surface area contributed by atoms with Gasteiger partial charge in [-0.3, -0.25) is 9.36 Å². The zero-order chi connectivity index (χ0) is 12.4. The molecular formula is C12H19N5. The zero-order valence-electron chi connectivity index (χ0n) is 10.8. The van der Waals surface area contributed by atoms with Gasteiger partial charge in [-0.1, -0.05) is 0 Å². The molecule has 5 heteroatoms. The molecule has 17 heavy (non-hydrogen) atoms. The Bertz CT molecular complexity index is 497. The van der Waals surface area contributed by atoms with Crippen molar-refractivity contribution in [1.29, 1.82) is 0 Å². The van der Waals surface area contributed by atoms with Gasteiger partial charge in [0.05, 0.1) is 23.6 Å². The second-order valence-electron chi connectivity index (χ2n) is 4.30. The SMILES string of the molecule is CCn1cc(C(C)Nc2cn(C)nc2C)cn1. The summed E-state index contributed by atoms with van der Waals surface area (Å²) in [6, 6.07) is 0.234. The summed E-state index contributed by atoms with van der Waals surface area (Å²) in [5, 5.41) is 12.0. The lowest BCUT2D eigenvalue weighted by atomic mass is 10.2. The Morgan fingerprint density at radius 2 is 2.18 bits per heavy atom. The fourth-order valence-corrected chi connectivity index (χ4v) is 1.83. The number of nitrogens with one attached hydrogen (secondary N) is 1. The molecule has 0 aliphatic heterocycles. The quantitative estimate of drug-likeness (QED) is 0.880. The first-order valence-electron chi connectivity index (χ1n) is 5.89. The monoisotopic (exact) mass is 233 g/mol. The summed E-state index contributed by atoms with van der Waals surface area (Å²) < 4.78 is 3.75. The lowest BCUT2D eigenvalue weighted by molar-refractivity contribution is 0.658. The van der Waals surface area contributed by atoms with Gasteiger partial charge in [-0.15, -0.1) is 0 Å². The Kier molecular flexibility index (Phi) is 3.17. The first kappa shape index (κ1) is 11.7. The first-order chi connectivity index (χ1) is 8.10. The number of hydrogen-bond donors (Lipinski definition) is 1. The van der Waals surface area contributed by atoms with Crippen LogP contribution in [0.1, 0.15) is 31.1 Å². The molecule has 0 amide bonds. The van der Waals surface area contributed by atoms with Crippen LogP contribution < -0.4 is 5.32 Å². The molecule has 0 fully saturated rings. The smallest absolute Gasteiger partial charge is 0.0825 e. The summed E-state index contributed by atoms with van der Waals surface area (Å²) >= 11 is 0. The van der Waals surface area contributed by atoms with Gasteiger partial charge in [0.2, 0.25) is 0 Å². The molecule has 92 valence electrons. The van der Waals surface area contributed by atoms with Crippen molar-refractivity contribution in [1.82, 2.24) is 19.6 Å². The van der Waals surface area contributed by atoms with E-state index in [4.69, 9.17) is 0 Å². The third-order valence-corrected chi connectivity index (χ3v) is 2.86. The van der Waals surface area contributed by atoms with Gasteiger partial charge in [0.15, 0.2) is 0 Å². The number of anilines is 1. The molecular weight excluding hydrogens is 214 g/mol. The van der Waals surface area contributed by atoms with E-state index in [2.05, 4.69) is 35.6 Å². The summed E-state index contributed by atoms with van der Waals surface area (Å²) in [4.78, 5) is 0. The highest BCUT2D eigenvalue weighted by Gasteiger charge is 2.10. The molecule has 1 atom stereocenters. The third-order valence-electron chi connectivity index (χ3n) is 2.86. The normalized spacial score (nSPS) is 12.7. The van der Waals surface area contributed by atoms with Crippen LogP contribution in [-0.2, 0) is 13.6 Å². The average molecular weight is 233 g/mol. The Hall–Kier alpha value is -1.78. The first-order valence-corrected chi connectivity index (χ1v) is 5.89.